The summed E-state index contributed by atoms with van der Waals surface area (Å²) in [7, 11) is 0. The van der Waals surface area contributed by atoms with E-state index in [2.05, 4.69) is 22.7 Å². The first kappa shape index (κ1) is 8.64. The zero-order valence-corrected chi connectivity index (χ0v) is 6.90. The molecule has 5 heteroatoms. The summed E-state index contributed by atoms with van der Waals surface area (Å²) in [5, 5.41) is 2.93. The van der Waals surface area contributed by atoms with Crippen LogP contribution in [0.15, 0.2) is 29.4 Å². The predicted molar refractivity (Wildman–Crippen MR) is 48.6 cm³/mol. The number of azide groups is 1. The molecule has 60 valence electrons. The molecule has 0 saturated heterocycles. The summed E-state index contributed by atoms with van der Waals surface area (Å²) in [6.07, 6.45) is 0. The van der Waals surface area contributed by atoms with Crippen LogP contribution in [0.4, 0.5) is 5.69 Å². The Morgan fingerprint density at radius 3 is 2.75 bits per heavy atom. The van der Waals surface area contributed by atoms with E-state index in [1.165, 1.54) is 0 Å². The third-order valence-electron chi connectivity index (χ3n) is 1.29. The largest absolute Gasteiger partial charge is 0.282 e. The lowest BCUT2D eigenvalue weighted by molar-refractivity contribution is 0.109. The Labute approximate surface area is 74.2 Å². The van der Waals surface area contributed by atoms with Crippen LogP contribution >= 0.6 is 12.6 Å². The molecule has 0 heterocycles. The molecule has 0 N–H and O–H groups in total. The molecule has 4 nitrogen and oxygen atoms in total. The molecule has 0 spiro atoms. The number of benzene rings is 1. The average molecular weight is 179 g/mol. The maximum atomic E-state index is 10.8. The fourth-order valence-corrected chi connectivity index (χ4v) is 0.979. The zero-order valence-electron chi connectivity index (χ0n) is 6.01. The van der Waals surface area contributed by atoms with E-state index in [0.29, 0.717) is 11.3 Å². The van der Waals surface area contributed by atoms with Crippen LogP contribution in [0, 0.1) is 0 Å². The van der Waals surface area contributed by atoms with Gasteiger partial charge in [-0.1, -0.05) is 29.4 Å². The van der Waals surface area contributed by atoms with Gasteiger partial charge >= 0.3 is 0 Å². The lowest BCUT2D eigenvalue weighted by Gasteiger charge is -1.97. The van der Waals surface area contributed by atoms with E-state index in [9.17, 15) is 4.79 Å². The van der Waals surface area contributed by atoms with Gasteiger partial charge in [-0.05, 0) is 5.53 Å². The van der Waals surface area contributed by atoms with Crippen molar-refractivity contribution in [2.75, 3.05) is 0 Å². The Bertz CT molecular complexity index is 336. The summed E-state index contributed by atoms with van der Waals surface area (Å²) in [6.45, 7) is 0. The highest BCUT2D eigenvalue weighted by Crippen LogP contribution is 2.19. The maximum Gasteiger partial charge on any atom is 0.216 e. The Morgan fingerprint density at radius 2 is 2.17 bits per heavy atom. The van der Waals surface area contributed by atoms with Gasteiger partial charge < -0.3 is 0 Å². The molecule has 0 atom stereocenters. The Balaban J connectivity index is 3.26. The number of hydrogen-bond donors (Lipinski definition) is 1. The summed E-state index contributed by atoms with van der Waals surface area (Å²) in [5.74, 6) is 0. The van der Waals surface area contributed by atoms with Crippen molar-refractivity contribution < 1.29 is 4.79 Å². The first-order valence-corrected chi connectivity index (χ1v) is 3.58. The smallest absolute Gasteiger partial charge is 0.216 e. The number of nitrogens with zero attached hydrogens (tertiary/aromatic N) is 3. The van der Waals surface area contributed by atoms with Gasteiger partial charge in [0.25, 0.3) is 0 Å². The third kappa shape index (κ3) is 1.78. The fourth-order valence-electron chi connectivity index (χ4n) is 0.790. The van der Waals surface area contributed by atoms with E-state index in [1.807, 2.05) is 0 Å². The van der Waals surface area contributed by atoms with Crippen molar-refractivity contribution in [2.45, 2.75) is 0 Å². The summed E-state index contributed by atoms with van der Waals surface area (Å²) in [6, 6.07) is 6.48. The zero-order chi connectivity index (χ0) is 8.97. The molecular weight excluding hydrogens is 174 g/mol. The van der Waals surface area contributed by atoms with E-state index >= 15 is 0 Å². The second-order valence-corrected chi connectivity index (χ2v) is 2.42. The highest BCUT2D eigenvalue weighted by atomic mass is 32.1. The molecule has 0 aromatic heterocycles. The number of hydrogen-bond acceptors (Lipinski definition) is 2. The fraction of sp³-hybridized carbons (Fsp3) is 0. The second kappa shape index (κ2) is 3.80. The molecule has 0 bridgehead atoms. The van der Waals surface area contributed by atoms with Crippen molar-refractivity contribution in [3.05, 3.63) is 40.3 Å². The normalized spacial score (nSPS) is 8.75. The Morgan fingerprint density at radius 1 is 1.50 bits per heavy atom. The van der Waals surface area contributed by atoms with Crippen LogP contribution in [-0.4, -0.2) is 5.12 Å². The summed E-state index contributed by atoms with van der Waals surface area (Å²) in [5.41, 5.74) is 8.77. The van der Waals surface area contributed by atoms with Gasteiger partial charge in [-0.3, -0.25) is 4.79 Å². The number of thiol groups is 1. The van der Waals surface area contributed by atoms with Gasteiger partial charge in [-0.2, -0.15) is 0 Å². The quantitative estimate of drug-likeness (QED) is 0.322. The van der Waals surface area contributed by atoms with Gasteiger partial charge in [0.2, 0.25) is 5.12 Å². The van der Waals surface area contributed by atoms with Crippen LogP contribution in [0.5, 0.6) is 0 Å². The summed E-state index contributed by atoms with van der Waals surface area (Å²) in [4.78, 5) is 13.4. The van der Waals surface area contributed by atoms with Crippen molar-refractivity contribution in [3.63, 3.8) is 0 Å². The molecule has 1 rings (SSSR count). The van der Waals surface area contributed by atoms with E-state index in [-0.39, 0.29) is 0 Å². The molecule has 0 unspecified atom stereocenters. The molecule has 0 aliphatic heterocycles. The van der Waals surface area contributed by atoms with Crippen LogP contribution in [0.2, 0.25) is 0 Å². The highest BCUT2D eigenvalue weighted by Gasteiger charge is 2.03. The number of rotatable bonds is 2. The molecule has 0 amide bonds. The monoisotopic (exact) mass is 179 g/mol. The van der Waals surface area contributed by atoms with Crippen molar-refractivity contribution in [1.29, 1.82) is 0 Å². The summed E-state index contributed by atoms with van der Waals surface area (Å²) < 4.78 is 0. The molecule has 0 saturated carbocycles. The molecule has 0 aliphatic rings. The van der Waals surface area contributed by atoms with E-state index in [4.69, 9.17) is 5.53 Å². The van der Waals surface area contributed by atoms with Gasteiger partial charge in [0.05, 0.1) is 0 Å². The number of carbonyl (C=O) groups is 1. The first-order valence-electron chi connectivity index (χ1n) is 3.13. The van der Waals surface area contributed by atoms with Crippen molar-refractivity contribution in [1.82, 2.24) is 0 Å². The lowest BCUT2D eigenvalue weighted by Crippen LogP contribution is -1.87. The molecule has 1 aromatic rings. The van der Waals surface area contributed by atoms with Gasteiger partial charge in [0.1, 0.15) is 0 Å². The molecule has 1 aromatic carbocycles. The van der Waals surface area contributed by atoms with Gasteiger partial charge in [-0.25, -0.2) is 0 Å². The van der Waals surface area contributed by atoms with Crippen molar-refractivity contribution >= 4 is 23.4 Å². The van der Waals surface area contributed by atoms with Gasteiger partial charge in [-0.15, -0.1) is 12.6 Å². The van der Waals surface area contributed by atoms with Crippen molar-refractivity contribution in [2.24, 2.45) is 5.11 Å². The molecule has 0 radical (unpaired) electrons. The topological polar surface area (TPSA) is 65.8 Å². The standard InChI is InChI=1S/C7H5N3OS/c8-10-9-6-4-2-1-3-5(6)7(11)12/h1-4H,(H,11,12). The lowest BCUT2D eigenvalue weighted by atomic mass is 10.2. The maximum absolute atomic E-state index is 10.8. The number of carbonyl (C=O) groups excluding carboxylic acids is 1. The van der Waals surface area contributed by atoms with Crippen LogP contribution in [-0.2, 0) is 0 Å². The SMILES string of the molecule is [N-]=[N+]=Nc1ccccc1C(=O)S. The van der Waals surface area contributed by atoms with E-state index < -0.39 is 5.12 Å². The van der Waals surface area contributed by atoms with Crippen molar-refractivity contribution in [3.8, 4) is 0 Å². The van der Waals surface area contributed by atoms with Gasteiger partial charge in [0, 0.05) is 16.2 Å². The molecule has 0 aliphatic carbocycles. The van der Waals surface area contributed by atoms with Gasteiger partial charge in [0.15, 0.2) is 0 Å². The second-order valence-electron chi connectivity index (χ2n) is 2.01. The third-order valence-corrected chi connectivity index (χ3v) is 1.53. The minimum Gasteiger partial charge on any atom is -0.282 e. The average Bonchev–Trinajstić information content (AvgIpc) is 2.05. The molecular formula is C7H5N3OS. The first-order chi connectivity index (χ1) is 5.75. The van der Waals surface area contributed by atoms with E-state index in [1.54, 1.807) is 24.3 Å². The Hall–Kier alpha value is -1.45. The van der Waals surface area contributed by atoms with E-state index in [0.717, 1.165) is 0 Å². The molecule has 0 fully saturated rings. The van der Waals surface area contributed by atoms with Crippen LogP contribution < -0.4 is 0 Å². The minimum absolute atomic E-state index is 0.306. The van der Waals surface area contributed by atoms with Crippen LogP contribution in [0.1, 0.15) is 10.4 Å². The van der Waals surface area contributed by atoms with Crippen LogP contribution in [0.25, 0.3) is 10.4 Å². The highest BCUT2D eigenvalue weighted by molar-refractivity contribution is 7.97. The Kier molecular flexibility index (Phi) is 2.74. The minimum atomic E-state index is -0.405. The van der Waals surface area contributed by atoms with Crippen LogP contribution in [0.3, 0.4) is 0 Å². The summed E-state index contributed by atoms with van der Waals surface area (Å²) >= 11 is 3.63. The molecule has 12 heavy (non-hydrogen) atoms. The predicted octanol–water partition coefficient (Wildman–Crippen LogP) is 2.70.